The van der Waals surface area contributed by atoms with Crippen LogP contribution in [0.3, 0.4) is 0 Å². The molecule has 2 aliphatic heterocycles. The lowest BCUT2D eigenvalue weighted by atomic mass is 10.0. The van der Waals surface area contributed by atoms with Crippen molar-refractivity contribution in [1.29, 1.82) is 0 Å². The van der Waals surface area contributed by atoms with Crippen LogP contribution in [0, 0.1) is 10.1 Å². The second-order valence-electron chi connectivity index (χ2n) is 6.16. The smallest absolute Gasteiger partial charge is 0.298 e. The number of hydrogen-bond acceptors (Lipinski definition) is 4. The molecule has 1 unspecified atom stereocenters. The van der Waals surface area contributed by atoms with E-state index in [4.69, 9.17) is 4.52 Å². The van der Waals surface area contributed by atoms with Crippen molar-refractivity contribution >= 4 is 24.1 Å². The Morgan fingerprint density at radius 2 is 1.83 bits per heavy atom. The van der Waals surface area contributed by atoms with E-state index in [1.54, 1.807) is 12.1 Å². The summed E-state index contributed by atoms with van der Waals surface area (Å²) >= 11 is 0. The van der Waals surface area contributed by atoms with E-state index in [2.05, 4.69) is 0 Å². The molecule has 0 amide bonds. The van der Waals surface area contributed by atoms with Crippen LogP contribution in [0.1, 0.15) is 18.6 Å². The standard InChI is InChI=1S/C16H18N3O4P/c1-12(23-24(22,17-7-8-17)18-9-10-18)14-6-5-13-3-2-4-16(19(20)21)15(13)11-14/h2-6,11-12H,7-10H2,1H3. The summed E-state index contributed by atoms with van der Waals surface area (Å²) in [7, 11) is -2.92. The molecule has 0 aromatic heterocycles. The molecule has 0 spiro atoms. The van der Waals surface area contributed by atoms with E-state index in [1.807, 2.05) is 34.5 Å². The van der Waals surface area contributed by atoms with Crippen LogP contribution in [-0.2, 0) is 9.09 Å². The van der Waals surface area contributed by atoms with Gasteiger partial charge in [-0.3, -0.25) is 19.2 Å². The van der Waals surface area contributed by atoms with Crippen molar-refractivity contribution in [3.8, 4) is 0 Å². The molecule has 1 atom stereocenters. The monoisotopic (exact) mass is 347 g/mol. The minimum Gasteiger partial charge on any atom is -0.298 e. The molecule has 8 heteroatoms. The van der Waals surface area contributed by atoms with Gasteiger partial charge in [0, 0.05) is 32.2 Å². The summed E-state index contributed by atoms with van der Waals surface area (Å²) in [4.78, 5) is 10.9. The SMILES string of the molecule is CC(OP(=O)(N1CC1)N1CC1)c1ccc2cccc([N+](=O)[O-])c2c1. The van der Waals surface area contributed by atoms with E-state index in [-0.39, 0.29) is 10.6 Å². The van der Waals surface area contributed by atoms with Gasteiger partial charge in [0.2, 0.25) is 0 Å². The van der Waals surface area contributed by atoms with Gasteiger partial charge in [-0.15, -0.1) is 0 Å². The van der Waals surface area contributed by atoms with Crippen LogP contribution in [0.25, 0.3) is 10.8 Å². The molecule has 2 fully saturated rings. The highest BCUT2D eigenvalue weighted by atomic mass is 31.2. The molecule has 2 aromatic rings. The summed E-state index contributed by atoms with van der Waals surface area (Å²) in [6.45, 7) is 5.02. The van der Waals surface area contributed by atoms with Gasteiger partial charge in [-0.25, -0.2) is 9.34 Å². The van der Waals surface area contributed by atoms with Crippen LogP contribution < -0.4 is 0 Å². The molecule has 0 saturated carbocycles. The zero-order chi connectivity index (χ0) is 16.9. The number of non-ortho nitro benzene ring substituents is 1. The first-order valence-corrected chi connectivity index (χ1v) is 9.48. The van der Waals surface area contributed by atoms with Crippen molar-refractivity contribution in [1.82, 2.24) is 9.34 Å². The number of benzene rings is 2. The largest absolute Gasteiger partial charge is 0.346 e. The van der Waals surface area contributed by atoms with Gasteiger partial charge in [0.1, 0.15) is 0 Å². The first-order valence-electron chi connectivity index (χ1n) is 7.95. The molecular weight excluding hydrogens is 329 g/mol. The van der Waals surface area contributed by atoms with Crippen LogP contribution in [0.15, 0.2) is 36.4 Å². The van der Waals surface area contributed by atoms with Gasteiger partial charge in [-0.1, -0.05) is 24.3 Å². The molecule has 0 aliphatic carbocycles. The van der Waals surface area contributed by atoms with Gasteiger partial charge < -0.3 is 0 Å². The van der Waals surface area contributed by atoms with Gasteiger partial charge in [-0.05, 0) is 23.9 Å². The molecular formula is C16H18N3O4P. The summed E-state index contributed by atoms with van der Waals surface area (Å²) in [5, 5.41) is 12.6. The Labute approximate surface area is 139 Å². The van der Waals surface area contributed by atoms with E-state index in [9.17, 15) is 14.7 Å². The normalized spacial score (nSPS) is 19.4. The highest BCUT2D eigenvalue weighted by Crippen LogP contribution is 2.63. The molecule has 2 aromatic carbocycles. The molecule has 2 heterocycles. The van der Waals surface area contributed by atoms with Crippen LogP contribution in [0.5, 0.6) is 0 Å². The van der Waals surface area contributed by atoms with E-state index in [0.29, 0.717) is 5.39 Å². The number of nitro groups is 1. The fraction of sp³-hybridized carbons (Fsp3) is 0.375. The molecule has 0 radical (unpaired) electrons. The second kappa shape index (κ2) is 5.63. The summed E-state index contributed by atoms with van der Waals surface area (Å²) in [5.41, 5.74) is 0.863. The van der Waals surface area contributed by atoms with Crippen molar-refractivity contribution < 1.29 is 14.0 Å². The summed E-state index contributed by atoms with van der Waals surface area (Å²) < 4.78 is 22.8. The quantitative estimate of drug-likeness (QED) is 0.344. The third-order valence-electron chi connectivity index (χ3n) is 4.41. The molecule has 2 saturated heterocycles. The van der Waals surface area contributed by atoms with E-state index < -0.39 is 13.8 Å². The average molecular weight is 347 g/mol. The molecule has 126 valence electrons. The third kappa shape index (κ3) is 2.74. The number of nitrogens with zero attached hydrogens (tertiary/aromatic N) is 3. The van der Waals surface area contributed by atoms with E-state index in [1.165, 1.54) is 6.07 Å². The second-order valence-corrected chi connectivity index (χ2v) is 8.48. The van der Waals surface area contributed by atoms with Gasteiger partial charge in [0.15, 0.2) is 0 Å². The molecule has 7 nitrogen and oxygen atoms in total. The zero-order valence-electron chi connectivity index (χ0n) is 13.3. The van der Waals surface area contributed by atoms with Crippen molar-refractivity contribution in [2.75, 3.05) is 26.2 Å². The van der Waals surface area contributed by atoms with Crippen molar-refractivity contribution in [2.24, 2.45) is 0 Å². The predicted molar refractivity (Wildman–Crippen MR) is 90.9 cm³/mol. The first-order chi connectivity index (χ1) is 11.5. The van der Waals surface area contributed by atoms with Gasteiger partial charge in [0.05, 0.1) is 16.4 Å². The number of fused-ring (bicyclic) bond motifs is 1. The van der Waals surface area contributed by atoms with Crippen molar-refractivity contribution in [3.05, 3.63) is 52.1 Å². The molecule has 0 N–H and O–H groups in total. The lowest BCUT2D eigenvalue weighted by Gasteiger charge is -2.24. The average Bonchev–Trinajstić information content (AvgIpc) is 3.44. The maximum Gasteiger partial charge on any atom is 0.346 e. The van der Waals surface area contributed by atoms with Gasteiger partial charge in [0.25, 0.3) is 5.69 Å². The number of nitro benzene ring substituents is 1. The summed E-state index contributed by atoms with van der Waals surface area (Å²) in [6.07, 6.45) is -0.402. The topological polar surface area (TPSA) is 75.5 Å². The third-order valence-corrected chi connectivity index (χ3v) is 7.23. The highest BCUT2D eigenvalue weighted by molar-refractivity contribution is 7.54. The highest BCUT2D eigenvalue weighted by Gasteiger charge is 2.50. The van der Waals surface area contributed by atoms with E-state index >= 15 is 0 Å². The van der Waals surface area contributed by atoms with Crippen molar-refractivity contribution in [3.63, 3.8) is 0 Å². The minimum atomic E-state index is -2.92. The van der Waals surface area contributed by atoms with Gasteiger partial charge >= 0.3 is 7.67 Å². The number of rotatable bonds is 6. The Morgan fingerprint density at radius 1 is 1.17 bits per heavy atom. The minimum absolute atomic E-state index is 0.0709. The molecule has 4 rings (SSSR count). The van der Waals surface area contributed by atoms with Crippen LogP contribution in [0.2, 0.25) is 0 Å². The maximum atomic E-state index is 13.1. The summed E-state index contributed by atoms with van der Waals surface area (Å²) in [5.74, 6) is 0. The fourth-order valence-electron chi connectivity index (χ4n) is 2.86. The Hall–Kier alpha value is -1.79. The number of hydrogen-bond donors (Lipinski definition) is 0. The Kier molecular flexibility index (Phi) is 3.69. The Balaban J connectivity index is 1.67. The molecule has 0 bridgehead atoms. The molecule has 2 aliphatic rings. The lowest BCUT2D eigenvalue weighted by Crippen LogP contribution is -2.10. The van der Waals surface area contributed by atoms with Crippen LogP contribution >= 0.6 is 7.67 Å². The molecule has 24 heavy (non-hydrogen) atoms. The zero-order valence-corrected chi connectivity index (χ0v) is 14.2. The lowest BCUT2D eigenvalue weighted by molar-refractivity contribution is -0.383. The van der Waals surface area contributed by atoms with Gasteiger partial charge in [-0.2, -0.15) is 0 Å². The fourth-order valence-corrected chi connectivity index (χ4v) is 5.21. The summed E-state index contributed by atoms with van der Waals surface area (Å²) in [6, 6.07) is 10.5. The van der Waals surface area contributed by atoms with Crippen LogP contribution in [-0.4, -0.2) is 40.4 Å². The maximum absolute atomic E-state index is 13.1. The Bertz CT molecular complexity index is 848. The first kappa shape index (κ1) is 15.7. The predicted octanol–water partition coefficient (Wildman–Crippen LogP) is 3.56. The van der Waals surface area contributed by atoms with Crippen molar-refractivity contribution in [2.45, 2.75) is 13.0 Å². The Morgan fingerprint density at radius 3 is 2.42 bits per heavy atom. The van der Waals surface area contributed by atoms with Crippen LogP contribution in [0.4, 0.5) is 5.69 Å². The van der Waals surface area contributed by atoms with E-state index in [0.717, 1.165) is 37.1 Å².